The molecular weight excluding hydrogens is 272 g/mol. The number of aryl methyl sites for hydroxylation is 1. The van der Waals surface area contributed by atoms with Gasteiger partial charge in [0.05, 0.1) is 5.41 Å². The van der Waals surface area contributed by atoms with Gasteiger partial charge in [-0.1, -0.05) is 36.4 Å². The first-order chi connectivity index (χ1) is 10.5. The fourth-order valence-electron chi connectivity index (χ4n) is 3.00. The summed E-state index contributed by atoms with van der Waals surface area (Å²) in [5.74, 6) is -0.00782. The molecule has 0 saturated carbocycles. The van der Waals surface area contributed by atoms with E-state index in [1.165, 1.54) is 0 Å². The molecule has 1 aromatic heterocycles. The van der Waals surface area contributed by atoms with Crippen LogP contribution in [0.1, 0.15) is 25.1 Å². The lowest BCUT2D eigenvalue weighted by Crippen LogP contribution is -2.35. The first-order valence-electron chi connectivity index (χ1n) is 7.44. The molecule has 112 valence electrons. The second-order valence-electron chi connectivity index (χ2n) is 6.12. The molecule has 2 aromatic carbocycles. The quantitative estimate of drug-likeness (QED) is 0.738. The summed E-state index contributed by atoms with van der Waals surface area (Å²) >= 11 is 0. The Morgan fingerprint density at radius 2 is 1.64 bits per heavy atom. The predicted octanol–water partition coefficient (Wildman–Crippen LogP) is 4.39. The van der Waals surface area contributed by atoms with Crippen LogP contribution in [0.2, 0.25) is 0 Å². The zero-order chi connectivity index (χ0) is 15.7. The number of nitrogens with one attached hydrogen (secondary N) is 2. The summed E-state index contributed by atoms with van der Waals surface area (Å²) in [4.78, 5) is 16.2. The van der Waals surface area contributed by atoms with Crippen LogP contribution in [0.3, 0.4) is 0 Å². The van der Waals surface area contributed by atoms with Crippen molar-refractivity contribution >= 4 is 22.5 Å². The van der Waals surface area contributed by atoms with Crippen molar-refractivity contribution < 1.29 is 4.79 Å². The van der Waals surface area contributed by atoms with Gasteiger partial charge in [-0.25, -0.2) is 0 Å². The number of carbonyl (C=O) groups excluding carboxylic acids is 1. The number of carbonyl (C=O) groups is 1. The molecule has 0 aliphatic rings. The Kier molecular flexibility index (Phi) is 3.49. The lowest BCUT2D eigenvalue weighted by Gasteiger charge is -2.24. The molecule has 1 amide bonds. The highest BCUT2D eigenvalue weighted by Gasteiger charge is 2.33. The highest BCUT2D eigenvalue weighted by molar-refractivity contribution is 6.02. The van der Waals surface area contributed by atoms with Crippen molar-refractivity contribution in [2.75, 3.05) is 5.32 Å². The molecule has 0 fully saturated rings. The standard InChI is InChI=1S/C19H20N2O/c1-13-17(15-11-7-8-12-16(15)20-13)19(2,3)18(22)21-14-9-5-4-6-10-14/h4-12,20H,1-3H3,(H,21,22). The van der Waals surface area contributed by atoms with Gasteiger partial charge in [-0.05, 0) is 44.5 Å². The summed E-state index contributed by atoms with van der Waals surface area (Å²) in [5.41, 5.74) is 3.35. The van der Waals surface area contributed by atoms with Crippen molar-refractivity contribution in [2.24, 2.45) is 0 Å². The molecule has 0 aliphatic carbocycles. The summed E-state index contributed by atoms with van der Waals surface area (Å²) in [6.07, 6.45) is 0. The Hall–Kier alpha value is -2.55. The highest BCUT2D eigenvalue weighted by Crippen LogP contribution is 2.34. The molecule has 0 saturated heterocycles. The Labute approximate surface area is 130 Å². The second kappa shape index (κ2) is 5.34. The van der Waals surface area contributed by atoms with Gasteiger partial charge in [0.1, 0.15) is 0 Å². The number of aromatic amines is 1. The lowest BCUT2D eigenvalue weighted by molar-refractivity contribution is -0.120. The maximum atomic E-state index is 12.8. The minimum atomic E-state index is -0.625. The smallest absolute Gasteiger partial charge is 0.234 e. The molecule has 0 atom stereocenters. The van der Waals surface area contributed by atoms with Gasteiger partial charge in [-0.2, -0.15) is 0 Å². The molecule has 0 aliphatic heterocycles. The van der Waals surface area contributed by atoms with Crippen LogP contribution in [-0.4, -0.2) is 10.9 Å². The number of benzene rings is 2. The third kappa shape index (κ3) is 2.39. The number of fused-ring (bicyclic) bond motifs is 1. The van der Waals surface area contributed by atoms with Crippen molar-refractivity contribution in [3.05, 3.63) is 65.9 Å². The van der Waals surface area contributed by atoms with E-state index in [1.54, 1.807) is 0 Å². The van der Waals surface area contributed by atoms with E-state index >= 15 is 0 Å². The van der Waals surface area contributed by atoms with E-state index in [0.29, 0.717) is 0 Å². The SMILES string of the molecule is Cc1[nH]c2ccccc2c1C(C)(C)C(=O)Nc1ccccc1. The summed E-state index contributed by atoms with van der Waals surface area (Å²) in [5, 5.41) is 4.11. The summed E-state index contributed by atoms with van der Waals surface area (Å²) in [6, 6.07) is 17.7. The van der Waals surface area contributed by atoms with Gasteiger partial charge < -0.3 is 10.3 Å². The van der Waals surface area contributed by atoms with E-state index < -0.39 is 5.41 Å². The average Bonchev–Trinajstić information content (AvgIpc) is 2.84. The normalized spacial score (nSPS) is 11.6. The topological polar surface area (TPSA) is 44.9 Å². The average molecular weight is 292 g/mol. The second-order valence-corrected chi connectivity index (χ2v) is 6.12. The molecule has 22 heavy (non-hydrogen) atoms. The van der Waals surface area contributed by atoms with E-state index in [1.807, 2.05) is 69.3 Å². The van der Waals surface area contributed by atoms with Crippen molar-refractivity contribution in [3.63, 3.8) is 0 Å². The predicted molar refractivity (Wildman–Crippen MR) is 91.1 cm³/mol. The van der Waals surface area contributed by atoms with Crippen LogP contribution in [0.4, 0.5) is 5.69 Å². The first kappa shape index (κ1) is 14.4. The molecule has 0 unspecified atom stereocenters. The molecule has 3 aromatic rings. The third-order valence-electron chi connectivity index (χ3n) is 4.12. The van der Waals surface area contributed by atoms with Crippen molar-refractivity contribution in [3.8, 4) is 0 Å². The van der Waals surface area contributed by atoms with Gasteiger partial charge in [0.25, 0.3) is 0 Å². The van der Waals surface area contributed by atoms with Crippen LogP contribution >= 0.6 is 0 Å². The van der Waals surface area contributed by atoms with E-state index in [4.69, 9.17) is 0 Å². The number of hydrogen-bond acceptors (Lipinski definition) is 1. The van der Waals surface area contributed by atoms with Gasteiger partial charge in [0.2, 0.25) is 5.91 Å². The van der Waals surface area contributed by atoms with Gasteiger partial charge in [-0.3, -0.25) is 4.79 Å². The molecular formula is C19H20N2O. The third-order valence-corrected chi connectivity index (χ3v) is 4.12. The maximum Gasteiger partial charge on any atom is 0.234 e. The van der Waals surface area contributed by atoms with Crippen LogP contribution in [0.15, 0.2) is 54.6 Å². The van der Waals surface area contributed by atoms with E-state index in [2.05, 4.69) is 16.4 Å². The van der Waals surface area contributed by atoms with Crippen LogP contribution < -0.4 is 5.32 Å². The molecule has 3 nitrogen and oxygen atoms in total. The summed E-state index contributed by atoms with van der Waals surface area (Å²) in [6.45, 7) is 5.95. The van der Waals surface area contributed by atoms with E-state index in [9.17, 15) is 4.79 Å². The monoisotopic (exact) mass is 292 g/mol. The fraction of sp³-hybridized carbons (Fsp3) is 0.211. The van der Waals surface area contributed by atoms with Crippen LogP contribution in [0.25, 0.3) is 10.9 Å². The molecule has 2 N–H and O–H groups in total. The van der Waals surface area contributed by atoms with Gasteiger partial charge in [0.15, 0.2) is 0 Å². The zero-order valence-electron chi connectivity index (χ0n) is 13.1. The largest absolute Gasteiger partial charge is 0.358 e. The molecule has 0 spiro atoms. The van der Waals surface area contributed by atoms with Gasteiger partial charge in [0, 0.05) is 22.3 Å². The molecule has 1 heterocycles. The van der Waals surface area contributed by atoms with Crippen LogP contribution in [0, 0.1) is 6.92 Å². The highest BCUT2D eigenvalue weighted by atomic mass is 16.2. The molecule has 3 heteroatoms. The number of anilines is 1. The minimum absolute atomic E-state index is 0.00782. The molecule has 0 bridgehead atoms. The van der Waals surface area contributed by atoms with Gasteiger partial charge >= 0.3 is 0 Å². The molecule has 0 radical (unpaired) electrons. The Balaban J connectivity index is 2.01. The number of H-pyrrole nitrogens is 1. The number of hydrogen-bond donors (Lipinski definition) is 2. The zero-order valence-corrected chi connectivity index (χ0v) is 13.1. The Morgan fingerprint density at radius 1 is 1.00 bits per heavy atom. The Bertz CT molecular complexity index is 816. The Morgan fingerprint density at radius 3 is 2.36 bits per heavy atom. The van der Waals surface area contributed by atoms with Crippen LogP contribution in [0.5, 0.6) is 0 Å². The van der Waals surface area contributed by atoms with Crippen molar-refractivity contribution in [1.29, 1.82) is 0 Å². The van der Waals surface area contributed by atoms with Gasteiger partial charge in [-0.15, -0.1) is 0 Å². The number of amides is 1. The van der Waals surface area contributed by atoms with Crippen LogP contribution in [-0.2, 0) is 10.2 Å². The number of rotatable bonds is 3. The minimum Gasteiger partial charge on any atom is -0.358 e. The first-order valence-corrected chi connectivity index (χ1v) is 7.44. The number of para-hydroxylation sites is 2. The summed E-state index contributed by atoms with van der Waals surface area (Å²) in [7, 11) is 0. The molecule has 3 rings (SSSR count). The lowest BCUT2D eigenvalue weighted by atomic mass is 9.81. The summed E-state index contributed by atoms with van der Waals surface area (Å²) < 4.78 is 0. The van der Waals surface area contributed by atoms with Crippen molar-refractivity contribution in [2.45, 2.75) is 26.2 Å². The van der Waals surface area contributed by atoms with E-state index in [-0.39, 0.29) is 5.91 Å². The van der Waals surface area contributed by atoms with Crippen molar-refractivity contribution in [1.82, 2.24) is 4.98 Å². The van der Waals surface area contributed by atoms with E-state index in [0.717, 1.165) is 27.8 Å². The number of aromatic nitrogens is 1. The fourth-order valence-corrected chi connectivity index (χ4v) is 3.00. The maximum absolute atomic E-state index is 12.8.